The molecule has 0 aromatic carbocycles. The molecule has 12 nitrogen and oxygen atoms in total. The molecule has 0 aliphatic carbocycles. The fourth-order valence-corrected chi connectivity index (χ4v) is 7.53. The highest BCUT2D eigenvalue weighted by atomic mass is 35.5. The molecule has 0 saturated carbocycles. The van der Waals surface area contributed by atoms with Crippen molar-refractivity contribution in [3.63, 3.8) is 0 Å². The summed E-state index contributed by atoms with van der Waals surface area (Å²) in [7, 11) is 1.63. The van der Waals surface area contributed by atoms with Crippen molar-refractivity contribution in [2.24, 2.45) is 0 Å². The zero-order valence-electron chi connectivity index (χ0n) is 28.7. The molecule has 51 heavy (non-hydrogen) atoms. The zero-order chi connectivity index (χ0) is 36.6. The third kappa shape index (κ3) is 12.9. The van der Waals surface area contributed by atoms with Gasteiger partial charge in [-0.1, -0.05) is 59.8 Å². The Bertz CT molecular complexity index is 1670. The quantitative estimate of drug-likeness (QED) is 0.136. The van der Waals surface area contributed by atoms with Gasteiger partial charge in [-0.3, -0.25) is 10.2 Å². The Labute approximate surface area is 316 Å². The minimum atomic E-state index is -0.266. The highest BCUT2D eigenvalue weighted by molar-refractivity contribution is 7.17. The number of halogens is 2. The van der Waals surface area contributed by atoms with Gasteiger partial charge >= 0.3 is 12.2 Å². The number of thiophene rings is 2. The summed E-state index contributed by atoms with van der Waals surface area (Å²) < 4.78 is 16.6. The van der Waals surface area contributed by atoms with Crippen LogP contribution in [0.3, 0.4) is 0 Å². The van der Waals surface area contributed by atoms with Gasteiger partial charge in [-0.15, -0.1) is 11.3 Å². The first kappa shape index (κ1) is 39.8. The van der Waals surface area contributed by atoms with E-state index in [9.17, 15) is 9.59 Å². The lowest BCUT2D eigenvalue weighted by molar-refractivity contribution is 0.101. The highest BCUT2D eigenvalue weighted by Gasteiger charge is 2.27. The molecule has 0 radical (unpaired) electrons. The summed E-state index contributed by atoms with van der Waals surface area (Å²) in [4.78, 5) is 28.2. The summed E-state index contributed by atoms with van der Waals surface area (Å²) in [6, 6.07) is 11.7. The van der Waals surface area contributed by atoms with Gasteiger partial charge in [0.2, 0.25) is 0 Å². The predicted octanol–water partition coefficient (Wildman–Crippen LogP) is 8.32. The largest absolute Gasteiger partial charge is 0.487 e. The second-order valence-corrected chi connectivity index (χ2v) is 15.3. The zero-order valence-corrected chi connectivity index (χ0v) is 31.8. The molecule has 0 unspecified atom stereocenters. The van der Waals surface area contributed by atoms with Crippen LogP contribution in [0.4, 0.5) is 15.4 Å². The number of nitrogens with one attached hydrogen (secondary N) is 2. The van der Waals surface area contributed by atoms with Crippen LogP contribution >= 0.6 is 45.9 Å². The van der Waals surface area contributed by atoms with E-state index in [0.717, 1.165) is 69.3 Å². The number of aryl methyl sites for hydroxylation is 2. The number of aromatic nitrogens is 4. The van der Waals surface area contributed by atoms with E-state index < -0.39 is 0 Å². The number of likely N-dealkylation sites (tertiary alicyclic amines) is 2. The average Bonchev–Trinajstić information content (AvgIpc) is 3.98. The number of rotatable bonds is 10. The number of hydrogen-bond donors (Lipinski definition) is 3. The van der Waals surface area contributed by atoms with Gasteiger partial charge in [-0.2, -0.15) is 10.2 Å². The fourth-order valence-electron chi connectivity index (χ4n) is 5.60. The van der Waals surface area contributed by atoms with E-state index in [2.05, 4.69) is 45.7 Å². The number of carbonyl (C=O) groups is 2. The van der Waals surface area contributed by atoms with Gasteiger partial charge in [-0.05, 0) is 68.9 Å². The van der Waals surface area contributed by atoms with Gasteiger partial charge < -0.3 is 29.7 Å². The number of hydrogen-bond acceptors (Lipinski definition) is 10. The van der Waals surface area contributed by atoms with Crippen molar-refractivity contribution in [3.8, 4) is 5.06 Å². The lowest BCUT2D eigenvalue weighted by Crippen LogP contribution is -2.38. The first-order chi connectivity index (χ1) is 24.7. The number of nitrogens with zero attached hydrogens (tertiary/aromatic N) is 4. The van der Waals surface area contributed by atoms with E-state index in [0.29, 0.717) is 43.8 Å². The Hall–Kier alpha value is -3.98. The Morgan fingerprint density at radius 1 is 0.863 bits per heavy atom. The van der Waals surface area contributed by atoms with Crippen molar-refractivity contribution < 1.29 is 23.8 Å². The molecule has 0 bridgehead atoms. The van der Waals surface area contributed by atoms with Gasteiger partial charge in [-0.25, -0.2) is 9.59 Å². The van der Waals surface area contributed by atoms with E-state index >= 15 is 0 Å². The lowest BCUT2D eigenvalue weighted by Gasteiger charge is -2.30. The molecule has 2 aliphatic rings. The molecule has 6 rings (SSSR count). The summed E-state index contributed by atoms with van der Waals surface area (Å²) in [5, 5.41) is 15.3. The van der Waals surface area contributed by atoms with Crippen LogP contribution in [0.2, 0.25) is 8.67 Å². The Morgan fingerprint density at radius 2 is 1.45 bits per heavy atom. The van der Waals surface area contributed by atoms with Crippen LogP contribution in [0.25, 0.3) is 0 Å². The molecule has 6 heterocycles. The van der Waals surface area contributed by atoms with E-state index in [1.54, 1.807) is 40.4 Å². The number of aromatic amines is 2. The molecule has 276 valence electrons. The number of ether oxygens (including phenoxy) is 3. The second-order valence-electron chi connectivity index (χ2n) is 11.8. The van der Waals surface area contributed by atoms with Crippen molar-refractivity contribution in [3.05, 3.63) is 92.3 Å². The lowest BCUT2D eigenvalue weighted by atomic mass is 9.93. The normalized spacial score (nSPS) is 14.8. The van der Waals surface area contributed by atoms with E-state index in [-0.39, 0.29) is 25.4 Å². The summed E-state index contributed by atoms with van der Waals surface area (Å²) in [6.45, 7) is 10.4. The number of nitrogens with two attached hydrogens (primary N) is 1. The van der Waals surface area contributed by atoms with Crippen LogP contribution < -0.4 is 10.5 Å². The number of carbonyl (C=O) groups excluding carboxylic acids is 2. The molecule has 2 saturated heterocycles. The van der Waals surface area contributed by atoms with Gasteiger partial charge in [0.25, 0.3) is 0 Å². The number of amides is 2. The monoisotopic (exact) mass is 777 g/mol. The summed E-state index contributed by atoms with van der Waals surface area (Å²) in [6.07, 6.45) is 8.13. The molecular weight excluding hydrogens is 733 g/mol. The molecule has 0 atom stereocenters. The maximum absolute atomic E-state index is 11.9. The van der Waals surface area contributed by atoms with Crippen molar-refractivity contribution in [1.82, 2.24) is 30.2 Å². The SMILES string of the molecule is C=CCOC(=O)N1CCC(c2cc(CCc3ccc(Cl)s3)[nH]n2)CC1.C=CCOC(=O)N1CCC(c2cc(N)n[nH]2)CC1.COc1ccc(Cl)s1. The number of methoxy groups -OCH3 is 1. The Balaban J connectivity index is 0.000000194. The predicted molar refractivity (Wildman–Crippen MR) is 204 cm³/mol. The number of H-pyrrole nitrogens is 2. The van der Waals surface area contributed by atoms with Crippen molar-refractivity contribution in [1.29, 1.82) is 0 Å². The molecule has 0 spiro atoms. The van der Waals surface area contributed by atoms with Crippen molar-refractivity contribution in [2.75, 3.05) is 52.2 Å². The average molecular weight is 779 g/mol. The van der Waals surface area contributed by atoms with Crippen LogP contribution in [0.5, 0.6) is 5.06 Å². The number of anilines is 1. The molecule has 2 aliphatic heterocycles. The molecule has 2 amide bonds. The van der Waals surface area contributed by atoms with Crippen LogP contribution in [-0.4, -0.2) is 88.9 Å². The van der Waals surface area contributed by atoms with Gasteiger partial charge in [0.15, 0.2) is 5.06 Å². The summed E-state index contributed by atoms with van der Waals surface area (Å²) in [5.41, 5.74) is 8.87. The maximum Gasteiger partial charge on any atom is 0.410 e. The number of piperidine rings is 2. The highest BCUT2D eigenvalue weighted by Crippen LogP contribution is 2.30. The van der Waals surface area contributed by atoms with Crippen LogP contribution in [0, 0.1) is 0 Å². The Morgan fingerprint density at radius 3 is 1.92 bits per heavy atom. The molecule has 2 fully saturated rings. The van der Waals surface area contributed by atoms with E-state index in [1.807, 2.05) is 24.3 Å². The summed E-state index contributed by atoms with van der Waals surface area (Å²) >= 11 is 14.6. The number of nitrogen functional groups attached to an aromatic ring is 1. The first-order valence-electron chi connectivity index (χ1n) is 16.6. The van der Waals surface area contributed by atoms with E-state index in [4.69, 9.17) is 43.1 Å². The molecule has 16 heteroatoms. The minimum absolute atomic E-state index is 0.254. The molecular formula is C35H45Cl2N7O5S2. The standard InChI is InChI=1S/C18H22ClN3O2S.C12H18N4O2.C5H5ClOS/c1-2-11-24-18(23)22-9-7-13(8-10-22)16-12-14(20-21-16)3-4-15-5-6-17(19)25-15;1-2-7-18-12(17)16-5-3-9(4-6-16)10-8-11(13)15-14-10;1-7-5-3-2-4(6)8-5/h2,5-6,12-13H,1,3-4,7-11H2,(H,20,21);2,8-9H,1,3-7H2,(H3,13,14,15);2-3H,1H3. The van der Waals surface area contributed by atoms with Crippen molar-refractivity contribution >= 4 is 63.9 Å². The Kier molecular flexibility index (Phi) is 16.2. The smallest absolute Gasteiger partial charge is 0.410 e. The van der Waals surface area contributed by atoms with Gasteiger partial charge in [0.05, 0.1) is 21.5 Å². The third-order valence-electron chi connectivity index (χ3n) is 8.30. The van der Waals surface area contributed by atoms with Gasteiger partial charge in [0, 0.05) is 60.3 Å². The molecule has 4 aromatic heterocycles. The topological polar surface area (TPSA) is 152 Å². The maximum atomic E-state index is 11.9. The van der Waals surface area contributed by atoms with Crippen LogP contribution in [0.15, 0.2) is 61.7 Å². The second kappa shape index (κ2) is 20.8. The molecule has 4 N–H and O–H groups in total. The van der Waals surface area contributed by atoms with Gasteiger partial charge in [0.1, 0.15) is 19.0 Å². The van der Waals surface area contributed by atoms with E-state index in [1.165, 1.54) is 16.2 Å². The minimum Gasteiger partial charge on any atom is -0.487 e. The fraction of sp³-hybridized carbons (Fsp3) is 0.429. The summed E-state index contributed by atoms with van der Waals surface area (Å²) in [5.74, 6) is 1.29. The van der Waals surface area contributed by atoms with Crippen molar-refractivity contribution in [2.45, 2.75) is 50.4 Å². The molecule has 4 aromatic rings. The third-order valence-corrected chi connectivity index (χ3v) is 10.8. The van der Waals surface area contributed by atoms with Crippen LogP contribution in [-0.2, 0) is 22.3 Å². The first-order valence-corrected chi connectivity index (χ1v) is 19.0. The van der Waals surface area contributed by atoms with Crippen LogP contribution in [0.1, 0.15) is 59.5 Å².